The van der Waals surface area contributed by atoms with Gasteiger partial charge in [-0.05, 0) is 38.5 Å². The topological polar surface area (TPSA) is 80.2 Å². The standard InChI is InChI=1S/C18H23F3N4O2/c1-10(7-18(19,20)21)24-17-23-9-14-15(25-17)13(8-22-16(14)27-2)11-3-5-12(26)6-4-11/h8-12,26H,3-7H2,1-2H3,(H,23,24,25)/t10-,11?,12?/m0/s1. The minimum absolute atomic E-state index is 0.143. The number of nitrogens with zero attached hydrogens (tertiary/aromatic N) is 3. The lowest BCUT2D eigenvalue weighted by Gasteiger charge is -2.26. The zero-order valence-electron chi connectivity index (χ0n) is 15.3. The molecule has 3 rings (SSSR count). The van der Waals surface area contributed by atoms with Gasteiger partial charge in [0.1, 0.15) is 0 Å². The lowest BCUT2D eigenvalue weighted by Crippen LogP contribution is -2.25. The van der Waals surface area contributed by atoms with Gasteiger partial charge in [0.15, 0.2) is 0 Å². The molecule has 1 atom stereocenters. The van der Waals surface area contributed by atoms with E-state index >= 15 is 0 Å². The average Bonchev–Trinajstić information content (AvgIpc) is 2.60. The van der Waals surface area contributed by atoms with E-state index in [1.165, 1.54) is 20.2 Å². The van der Waals surface area contributed by atoms with Crippen LogP contribution >= 0.6 is 0 Å². The van der Waals surface area contributed by atoms with Gasteiger partial charge in [-0.25, -0.2) is 15.0 Å². The molecule has 148 valence electrons. The number of pyridine rings is 1. The molecule has 27 heavy (non-hydrogen) atoms. The van der Waals surface area contributed by atoms with Gasteiger partial charge < -0.3 is 15.2 Å². The second kappa shape index (κ2) is 7.84. The molecule has 0 saturated heterocycles. The predicted molar refractivity (Wildman–Crippen MR) is 94.9 cm³/mol. The summed E-state index contributed by atoms with van der Waals surface area (Å²) in [5.41, 5.74) is 1.53. The lowest BCUT2D eigenvalue weighted by molar-refractivity contribution is -0.136. The lowest BCUT2D eigenvalue weighted by atomic mass is 9.83. The summed E-state index contributed by atoms with van der Waals surface area (Å²) in [6, 6.07) is -0.848. The first kappa shape index (κ1) is 19.6. The number of anilines is 1. The number of halogens is 3. The van der Waals surface area contributed by atoms with Crippen LogP contribution in [0.5, 0.6) is 5.88 Å². The number of rotatable bonds is 5. The Labute approximate surface area is 155 Å². The summed E-state index contributed by atoms with van der Waals surface area (Å²) in [6.45, 7) is 1.44. The van der Waals surface area contributed by atoms with E-state index < -0.39 is 18.6 Å². The maximum absolute atomic E-state index is 12.6. The molecule has 2 aromatic rings. The second-order valence-corrected chi connectivity index (χ2v) is 7.05. The number of ether oxygens (including phenoxy) is 1. The van der Waals surface area contributed by atoms with E-state index in [9.17, 15) is 18.3 Å². The van der Waals surface area contributed by atoms with Gasteiger partial charge in [0.25, 0.3) is 0 Å². The maximum atomic E-state index is 12.6. The Morgan fingerprint density at radius 3 is 2.56 bits per heavy atom. The number of hydrogen-bond acceptors (Lipinski definition) is 6. The molecule has 9 heteroatoms. The Morgan fingerprint density at radius 2 is 1.93 bits per heavy atom. The molecular weight excluding hydrogens is 361 g/mol. The molecule has 2 heterocycles. The van der Waals surface area contributed by atoms with Gasteiger partial charge >= 0.3 is 6.18 Å². The molecule has 0 amide bonds. The summed E-state index contributed by atoms with van der Waals surface area (Å²) in [5, 5.41) is 13.1. The van der Waals surface area contributed by atoms with Gasteiger partial charge in [0.05, 0.1) is 30.5 Å². The molecule has 0 bridgehead atoms. The molecular formula is C18H23F3N4O2. The fourth-order valence-corrected chi connectivity index (χ4v) is 3.55. The van der Waals surface area contributed by atoms with E-state index in [0.717, 1.165) is 18.4 Å². The minimum atomic E-state index is -4.26. The van der Waals surface area contributed by atoms with Crippen LogP contribution in [0.3, 0.4) is 0 Å². The largest absolute Gasteiger partial charge is 0.480 e. The number of aromatic nitrogens is 3. The van der Waals surface area contributed by atoms with Gasteiger partial charge in [0.2, 0.25) is 11.8 Å². The first-order chi connectivity index (χ1) is 12.8. The van der Waals surface area contributed by atoms with Gasteiger partial charge in [-0.1, -0.05) is 0 Å². The van der Waals surface area contributed by atoms with E-state index in [2.05, 4.69) is 20.3 Å². The summed E-state index contributed by atoms with van der Waals surface area (Å²) in [4.78, 5) is 12.9. The van der Waals surface area contributed by atoms with Crippen molar-refractivity contribution in [2.75, 3.05) is 12.4 Å². The Hall–Kier alpha value is -2.16. The van der Waals surface area contributed by atoms with E-state index in [-0.39, 0.29) is 18.0 Å². The average molecular weight is 384 g/mol. The number of aliphatic hydroxyl groups excluding tert-OH is 1. The smallest absolute Gasteiger partial charge is 0.391 e. The number of aliphatic hydroxyl groups is 1. The molecule has 0 aliphatic heterocycles. The molecule has 0 radical (unpaired) electrons. The van der Waals surface area contributed by atoms with E-state index in [1.54, 1.807) is 6.20 Å². The van der Waals surface area contributed by atoms with Gasteiger partial charge in [-0.3, -0.25) is 0 Å². The highest BCUT2D eigenvalue weighted by atomic mass is 19.4. The molecule has 1 aliphatic carbocycles. The third-order valence-electron chi connectivity index (χ3n) is 4.86. The van der Waals surface area contributed by atoms with Gasteiger partial charge in [-0.2, -0.15) is 13.2 Å². The third-order valence-corrected chi connectivity index (χ3v) is 4.86. The zero-order valence-corrected chi connectivity index (χ0v) is 15.3. The van der Waals surface area contributed by atoms with Crippen LogP contribution in [0.2, 0.25) is 0 Å². The van der Waals surface area contributed by atoms with Crippen molar-refractivity contribution < 1.29 is 23.0 Å². The van der Waals surface area contributed by atoms with Crippen LogP contribution in [0.1, 0.15) is 50.5 Å². The van der Waals surface area contributed by atoms with Crippen LogP contribution in [0, 0.1) is 0 Å². The molecule has 1 saturated carbocycles. The monoisotopic (exact) mass is 384 g/mol. The molecule has 0 unspecified atom stereocenters. The quantitative estimate of drug-likeness (QED) is 0.816. The van der Waals surface area contributed by atoms with Crippen LogP contribution in [0.15, 0.2) is 12.4 Å². The fourth-order valence-electron chi connectivity index (χ4n) is 3.55. The number of fused-ring (bicyclic) bond motifs is 1. The van der Waals surface area contributed by atoms with Crippen molar-refractivity contribution in [2.45, 2.75) is 63.3 Å². The Balaban J connectivity index is 1.93. The molecule has 1 fully saturated rings. The van der Waals surface area contributed by atoms with Crippen LogP contribution in [-0.2, 0) is 0 Å². The zero-order chi connectivity index (χ0) is 19.6. The third kappa shape index (κ3) is 4.77. The predicted octanol–water partition coefficient (Wildman–Crippen LogP) is 3.80. The maximum Gasteiger partial charge on any atom is 0.391 e. The molecule has 6 nitrogen and oxygen atoms in total. The van der Waals surface area contributed by atoms with Crippen LogP contribution < -0.4 is 10.1 Å². The second-order valence-electron chi connectivity index (χ2n) is 7.05. The van der Waals surface area contributed by atoms with Crippen molar-refractivity contribution in [1.82, 2.24) is 15.0 Å². The highest BCUT2D eigenvalue weighted by Gasteiger charge is 2.30. The summed E-state index contributed by atoms with van der Waals surface area (Å²) >= 11 is 0. The summed E-state index contributed by atoms with van der Waals surface area (Å²) in [5.74, 6) is 0.703. The molecule has 1 aliphatic rings. The molecule has 0 aromatic carbocycles. The number of nitrogens with one attached hydrogen (secondary N) is 1. The van der Waals surface area contributed by atoms with Crippen molar-refractivity contribution in [3.63, 3.8) is 0 Å². The Morgan fingerprint density at radius 1 is 1.22 bits per heavy atom. The first-order valence-corrected chi connectivity index (χ1v) is 8.98. The molecule has 0 spiro atoms. The SMILES string of the molecule is COc1ncc(C2CCC(O)CC2)c2nc(N[C@@H](C)CC(F)(F)F)ncc12. The Bertz CT molecular complexity index is 792. The summed E-state index contributed by atoms with van der Waals surface area (Å²) < 4.78 is 43.0. The van der Waals surface area contributed by atoms with E-state index in [0.29, 0.717) is 29.6 Å². The van der Waals surface area contributed by atoms with Crippen molar-refractivity contribution in [3.8, 4) is 5.88 Å². The van der Waals surface area contributed by atoms with E-state index in [1.807, 2.05) is 0 Å². The molecule has 2 N–H and O–H groups in total. The van der Waals surface area contributed by atoms with Gasteiger partial charge in [-0.15, -0.1) is 0 Å². The number of methoxy groups -OCH3 is 1. The van der Waals surface area contributed by atoms with Crippen LogP contribution in [0.4, 0.5) is 19.1 Å². The van der Waals surface area contributed by atoms with Crippen molar-refractivity contribution in [2.24, 2.45) is 0 Å². The van der Waals surface area contributed by atoms with Crippen LogP contribution in [0.25, 0.3) is 10.9 Å². The van der Waals surface area contributed by atoms with Crippen LogP contribution in [-0.4, -0.2) is 45.5 Å². The minimum Gasteiger partial charge on any atom is -0.480 e. The Kier molecular flexibility index (Phi) is 5.69. The normalized spacial score (nSPS) is 21.9. The first-order valence-electron chi connectivity index (χ1n) is 8.98. The van der Waals surface area contributed by atoms with Crippen molar-refractivity contribution >= 4 is 16.9 Å². The summed E-state index contributed by atoms with van der Waals surface area (Å²) in [7, 11) is 1.50. The fraction of sp³-hybridized carbons (Fsp3) is 0.611. The van der Waals surface area contributed by atoms with Crippen molar-refractivity contribution in [3.05, 3.63) is 18.0 Å². The highest BCUT2D eigenvalue weighted by molar-refractivity contribution is 5.86. The number of alkyl halides is 3. The van der Waals surface area contributed by atoms with Gasteiger partial charge in [0, 0.05) is 24.0 Å². The molecule has 2 aromatic heterocycles. The van der Waals surface area contributed by atoms with E-state index in [4.69, 9.17) is 4.74 Å². The number of hydrogen-bond donors (Lipinski definition) is 2. The van der Waals surface area contributed by atoms with Crippen molar-refractivity contribution in [1.29, 1.82) is 0 Å². The highest BCUT2D eigenvalue weighted by Crippen LogP contribution is 2.37. The summed E-state index contributed by atoms with van der Waals surface area (Å²) in [6.07, 6.45) is 0.745.